The summed E-state index contributed by atoms with van der Waals surface area (Å²) in [6.45, 7) is 10.4. The smallest absolute Gasteiger partial charge is 0.726 e. The average molecular weight is 630 g/mol. The van der Waals surface area contributed by atoms with Gasteiger partial charge in [-0.15, -0.1) is 0 Å². The normalized spacial score (nSPS) is 40.4. The Morgan fingerprint density at radius 2 is 1.68 bits per heavy atom. The second-order valence-corrected chi connectivity index (χ2v) is 15.7. The molecule has 5 unspecified atom stereocenters. The summed E-state index contributed by atoms with van der Waals surface area (Å²) in [6, 6.07) is 0. The van der Waals surface area contributed by atoms with Gasteiger partial charge in [0.05, 0.1) is 12.7 Å². The first kappa shape index (κ1) is 35.9. The maximum atomic E-state index is 11.4. The predicted molar refractivity (Wildman–Crippen MR) is 145 cm³/mol. The van der Waals surface area contributed by atoms with Crippen molar-refractivity contribution in [3.8, 4) is 0 Å². The number of aliphatic hydroxyl groups excluding tert-OH is 2. The molecule has 13 heteroatoms. The van der Waals surface area contributed by atoms with Crippen molar-refractivity contribution in [1.82, 2.24) is 0 Å². The van der Waals surface area contributed by atoms with Gasteiger partial charge in [-0.25, -0.2) is 16.8 Å². The first-order valence-corrected chi connectivity index (χ1v) is 17.4. The van der Waals surface area contributed by atoms with Crippen LogP contribution < -0.4 is 29.6 Å². The molecule has 4 fully saturated rings. The molecule has 4 aliphatic carbocycles. The Labute approximate surface area is 268 Å². The summed E-state index contributed by atoms with van der Waals surface area (Å²) in [4.78, 5) is 0. The summed E-state index contributed by atoms with van der Waals surface area (Å²) in [5.41, 5.74) is 0.658. The van der Waals surface area contributed by atoms with Crippen molar-refractivity contribution in [2.45, 2.75) is 97.2 Å². The molecule has 4 aliphatic rings. The molecule has 0 aliphatic heterocycles. The quantitative estimate of drug-likeness (QED) is 0.142. The standard InChI is InChI=1S/C28H48O10S2.Na/c1-17(18(2)15-29)5-6-19(16-37-39(31,32)33)22-9-10-23-21-8-7-20-13-26(38-40(34,35)36)25(30)14-28(20,4)24(21)11-12-27(22,23)3;/h18-26,29-30H,1,5-16H2,2-4H3,(H,31,32,33)(H,34,35,36);/q;+1/p-2/t18?,19-,20?,21?,22+,23?,24?,25-,26-,27+,28-;/m0./s1. The van der Waals surface area contributed by atoms with E-state index in [1.807, 2.05) is 6.92 Å². The van der Waals surface area contributed by atoms with Crippen LogP contribution in [-0.2, 0) is 29.2 Å². The van der Waals surface area contributed by atoms with Crippen LogP contribution in [0, 0.1) is 52.3 Å². The molecule has 0 aromatic rings. The van der Waals surface area contributed by atoms with Gasteiger partial charge in [0.2, 0.25) is 20.8 Å². The van der Waals surface area contributed by atoms with Gasteiger partial charge in [-0.3, -0.25) is 8.37 Å². The molecule has 2 N–H and O–H groups in total. The predicted octanol–water partition coefficient (Wildman–Crippen LogP) is 0.523. The van der Waals surface area contributed by atoms with Crippen molar-refractivity contribution in [3.63, 3.8) is 0 Å². The van der Waals surface area contributed by atoms with E-state index >= 15 is 0 Å². The molecular formula is C28H46NaO10S2-. The maximum Gasteiger partial charge on any atom is 1.00 e. The fraction of sp³-hybridized carbons (Fsp3) is 0.929. The van der Waals surface area contributed by atoms with Crippen LogP contribution in [-0.4, -0.2) is 61.6 Å². The van der Waals surface area contributed by atoms with E-state index in [0.29, 0.717) is 43.4 Å². The van der Waals surface area contributed by atoms with Gasteiger partial charge in [0.15, 0.2) is 0 Å². The molecule has 0 radical (unpaired) electrons. The van der Waals surface area contributed by atoms with Crippen molar-refractivity contribution >= 4 is 20.8 Å². The van der Waals surface area contributed by atoms with E-state index < -0.39 is 33.0 Å². The van der Waals surface area contributed by atoms with Gasteiger partial charge in [-0.05, 0) is 116 Å². The number of fused-ring (bicyclic) bond motifs is 5. The SMILES string of the molecule is C=C(CC[C@@H](COS(=O)(=O)[O-])[C@H]1CCC2C3CCC4C[C@H](OS(=O)(=O)[O-])[C@@H](O)C[C@]4(C)C3CC[C@@]21C)C(C)CO.[Na+]. The first-order valence-electron chi connectivity index (χ1n) is 14.7. The fourth-order valence-electron chi connectivity index (χ4n) is 9.65. The van der Waals surface area contributed by atoms with Crippen LogP contribution in [0.1, 0.15) is 85.0 Å². The molecule has 10 nitrogen and oxygen atoms in total. The Balaban J connectivity index is 0.00000462. The van der Waals surface area contributed by atoms with Crippen LogP contribution in [0.3, 0.4) is 0 Å². The molecule has 0 aromatic heterocycles. The molecule has 0 aromatic carbocycles. The number of hydrogen-bond donors (Lipinski definition) is 2. The Hall–Kier alpha value is 0.400. The first-order chi connectivity index (χ1) is 18.5. The minimum absolute atomic E-state index is 0. The zero-order valence-electron chi connectivity index (χ0n) is 24.9. The van der Waals surface area contributed by atoms with E-state index in [1.165, 1.54) is 0 Å². The largest absolute Gasteiger partial charge is 1.00 e. The van der Waals surface area contributed by atoms with Crippen molar-refractivity contribution in [2.75, 3.05) is 13.2 Å². The summed E-state index contributed by atoms with van der Waals surface area (Å²) < 4.78 is 77.4. The molecule has 11 atom stereocenters. The molecular weight excluding hydrogens is 583 g/mol. The van der Waals surface area contributed by atoms with E-state index in [1.54, 1.807) is 0 Å². The van der Waals surface area contributed by atoms with Crippen molar-refractivity contribution in [2.24, 2.45) is 52.3 Å². The molecule has 4 saturated carbocycles. The zero-order chi connectivity index (χ0) is 29.7. The Kier molecular flexibility index (Phi) is 11.7. The van der Waals surface area contributed by atoms with Crippen LogP contribution >= 0.6 is 0 Å². The van der Waals surface area contributed by atoms with Gasteiger partial charge in [-0.1, -0.05) is 32.9 Å². The van der Waals surface area contributed by atoms with E-state index in [2.05, 4.69) is 20.4 Å². The Morgan fingerprint density at radius 3 is 2.29 bits per heavy atom. The second-order valence-electron chi connectivity index (χ2n) is 13.7. The van der Waals surface area contributed by atoms with Crippen LogP contribution in [0.25, 0.3) is 0 Å². The van der Waals surface area contributed by atoms with Gasteiger partial charge in [0.25, 0.3) is 0 Å². The fourth-order valence-corrected chi connectivity index (χ4v) is 10.5. The number of aliphatic hydroxyl groups is 2. The van der Waals surface area contributed by atoms with E-state index in [-0.39, 0.29) is 77.3 Å². The van der Waals surface area contributed by atoms with E-state index in [4.69, 9.17) is 8.37 Å². The molecule has 0 spiro atoms. The van der Waals surface area contributed by atoms with Gasteiger partial charge in [0, 0.05) is 6.61 Å². The molecule has 0 amide bonds. The van der Waals surface area contributed by atoms with Gasteiger partial charge < -0.3 is 19.3 Å². The third-order valence-electron chi connectivity index (χ3n) is 11.8. The Morgan fingerprint density at radius 1 is 1.02 bits per heavy atom. The van der Waals surface area contributed by atoms with Gasteiger partial charge in [0.1, 0.15) is 6.10 Å². The third-order valence-corrected chi connectivity index (χ3v) is 12.7. The minimum atomic E-state index is -4.90. The van der Waals surface area contributed by atoms with Crippen molar-refractivity contribution in [3.05, 3.63) is 12.2 Å². The summed E-state index contributed by atoms with van der Waals surface area (Å²) in [7, 11) is -9.72. The molecule has 0 saturated heterocycles. The minimum Gasteiger partial charge on any atom is -0.726 e. The number of rotatable bonds is 11. The average Bonchev–Trinajstić information content (AvgIpc) is 3.19. The molecule has 0 heterocycles. The van der Waals surface area contributed by atoms with Crippen LogP contribution in [0.5, 0.6) is 0 Å². The van der Waals surface area contributed by atoms with Gasteiger partial charge >= 0.3 is 29.6 Å². The van der Waals surface area contributed by atoms with Crippen LogP contribution in [0.15, 0.2) is 12.2 Å². The van der Waals surface area contributed by atoms with Crippen molar-refractivity contribution < 1.29 is 74.1 Å². The van der Waals surface area contributed by atoms with Crippen LogP contribution in [0.2, 0.25) is 0 Å². The molecule has 41 heavy (non-hydrogen) atoms. The van der Waals surface area contributed by atoms with E-state index in [9.17, 15) is 36.2 Å². The Bertz CT molecular complexity index is 1150. The summed E-state index contributed by atoms with van der Waals surface area (Å²) in [5, 5.41) is 20.3. The van der Waals surface area contributed by atoms with Crippen molar-refractivity contribution in [1.29, 1.82) is 0 Å². The second kappa shape index (κ2) is 13.4. The van der Waals surface area contributed by atoms with Gasteiger partial charge in [-0.2, -0.15) is 0 Å². The third kappa shape index (κ3) is 7.80. The zero-order valence-corrected chi connectivity index (χ0v) is 28.5. The summed E-state index contributed by atoms with van der Waals surface area (Å²) >= 11 is 0. The maximum absolute atomic E-state index is 11.4. The molecule has 4 rings (SSSR count). The molecule has 0 bridgehead atoms. The monoisotopic (exact) mass is 629 g/mol. The molecule has 232 valence electrons. The van der Waals surface area contributed by atoms with E-state index in [0.717, 1.165) is 44.1 Å². The summed E-state index contributed by atoms with van der Waals surface area (Å²) in [6.07, 6.45) is 5.65. The topological polar surface area (TPSA) is 173 Å². The summed E-state index contributed by atoms with van der Waals surface area (Å²) in [5.74, 6) is 1.33. The number of hydrogen-bond acceptors (Lipinski definition) is 10. The van der Waals surface area contributed by atoms with Crippen LogP contribution in [0.4, 0.5) is 0 Å².